The quantitative estimate of drug-likeness (QED) is 0.751. The van der Waals surface area contributed by atoms with Crippen LogP contribution in [0.2, 0.25) is 0 Å². The number of amides is 2. The summed E-state index contributed by atoms with van der Waals surface area (Å²) in [6.07, 6.45) is 0.0869. The second-order valence-corrected chi connectivity index (χ2v) is 5.24. The number of carbonyl (C=O) groups is 3. The average Bonchev–Trinajstić information content (AvgIpc) is 2.46. The Morgan fingerprint density at radius 2 is 1.86 bits per heavy atom. The van der Waals surface area contributed by atoms with Gasteiger partial charge in [0.05, 0.1) is 7.11 Å². The Bertz CT molecular complexity index is 516. The maximum absolute atomic E-state index is 11.8. The van der Waals surface area contributed by atoms with Crippen LogP contribution in [0.5, 0.6) is 0 Å². The molecule has 114 valence electrons. The van der Waals surface area contributed by atoms with E-state index < -0.39 is 12.0 Å². The molecule has 0 aliphatic carbocycles. The van der Waals surface area contributed by atoms with Gasteiger partial charge in [0.1, 0.15) is 6.04 Å². The number of benzene rings is 1. The lowest BCUT2D eigenvalue weighted by atomic mass is 10.2. The first-order valence-corrected chi connectivity index (χ1v) is 7.14. The molecule has 0 fully saturated rings. The van der Waals surface area contributed by atoms with Crippen LogP contribution in [0.15, 0.2) is 28.7 Å². The standard InChI is InChI=1S/C14H17BrN2O4/c1-9(14(20)21-2)17-12(18)7-8-16-13(19)10-3-5-11(15)6-4-10/h3-6,9H,7-8H2,1-2H3,(H,16,19)(H,17,18). The first-order valence-electron chi connectivity index (χ1n) is 6.35. The average molecular weight is 357 g/mol. The molecule has 0 aromatic heterocycles. The molecule has 0 saturated carbocycles. The van der Waals surface area contributed by atoms with E-state index in [1.165, 1.54) is 14.0 Å². The normalized spacial score (nSPS) is 11.4. The van der Waals surface area contributed by atoms with Crippen molar-refractivity contribution in [2.24, 2.45) is 0 Å². The maximum atomic E-state index is 11.8. The molecule has 0 bridgehead atoms. The zero-order valence-corrected chi connectivity index (χ0v) is 13.4. The van der Waals surface area contributed by atoms with Crippen molar-refractivity contribution in [3.63, 3.8) is 0 Å². The predicted molar refractivity (Wildman–Crippen MR) is 80.7 cm³/mol. The van der Waals surface area contributed by atoms with Gasteiger partial charge in [0.2, 0.25) is 5.91 Å². The van der Waals surface area contributed by atoms with E-state index in [-0.39, 0.29) is 24.8 Å². The van der Waals surface area contributed by atoms with Crippen LogP contribution < -0.4 is 10.6 Å². The number of halogens is 1. The fourth-order valence-corrected chi connectivity index (χ4v) is 1.81. The number of esters is 1. The number of carbonyl (C=O) groups excluding carboxylic acids is 3. The monoisotopic (exact) mass is 356 g/mol. The SMILES string of the molecule is COC(=O)C(C)NC(=O)CCNC(=O)c1ccc(Br)cc1. The van der Waals surface area contributed by atoms with Gasteiger partial charge in [-0.2, -0.15) is 0 Å². The molecule has 7 heteroatoms. The highest BCUT2D eigenvalue weighted by Crippen LogP contribution is 2.10. The summed E-state index contributed by atoms with van der Waals surface area (Å²) in [5.74, 6) is -1.09. The fourth-order valence-electron chi connectivity index (χ4n) is 1.54. The topological polar surface area (TPSA) is 84.5 Å². The van der Waals surface area contributed by atoms with Gasteiger partial charge in [-0.3, -0.25) is 9.59 Å². The van der Waals surface area contributed by atoms with Crippen molar-refractivity contribution < 1.29 is 19.1 Å². The molecule has 0 radical (unpaired) electrons. The predicted octanol–water partition coefficient (Wildman–Crippen LogP) is 1.25. The summed E-state index contributed by atoms with van der Waals surface area (Å²) in [7, 11) is 1.25. The third-order valence-corrected chi connectivity index (χ3v) is 3.20. The van der Waals surface area contributed by atoms with E-state index in [0.717, 1.165) is 4.47 Å². The zero-order chi connectivity index (χ0) is 15.8. The van der Waals surface area contributed by atoms with Crippen LogP contribution in [0.25, 0.3) is 0 Å². The van der Waals surface area contributed by atoms with Gasteiger partial charge in [0.25, 0.3) is 5.91 Å². The number of methoxy groups -OCH3 is 1. The lowest BCUT2D eigenvalue weighted by molar-refractivity contribution is -0.144. The molecule has 1 atom stereocenters. The second-order valence-electron chi connectivity index (χ2n) is 4.33. The van der Waals surface area contributed by atoms with Gasteiger partial charge < -0.3 is 15.4 Å². The number of hydrogen-bond donors (Lipinski definition) is 2. The summed E-state index contributed by atoms with van der Waals surface area (Å²) in [6, 6.07) is 6.18. The van der Waals surface area contributed by atoms with Crippen LogP contribution in [-0.4, -0.2) is 37.5 Å². The highest BCUT2D eigenvalue weighted by atomic mass is 79.9. The highest BCUT2D eigenvalue weighted by Gasteiger charge is 2.15. The molecule has 0 spiro atoms. The van der Waals surface area contributed by atoms with Crippen LogP contribution in [0.4, 0.5) is 0 Å². The van der Waals surface area contributed by atoms with Crippen molar-refractivity contribution in [3.8, 4) is 0 Å². The van der Waals surface area contributed by atoms with Gasteiger partial charge in [0, 0.05) is 23.0 Å². The molecule has 2 amide bonds. The van der Waals surface area contributed by atoms with Gasteiger partial charge in [0.15, 0.2) is 0 Å². The minimum Gasteiger partial charge on any atom is -0.467 e. The summed E-state index contributed by atoms with van der Waals surface area (Å²) in [5.41, 5.74) is 0.515. The number of hydrogen-bond acceptors (Lipinski definition) is 4. The van der Waals surface area contributed by atoms with E-state index in [0.29, 0.717) is 5.56 Å². The minimum atomic E-state index is -0.704. The van der Waals surface area contributed by atoms with Crippen LogP contribution in [0, 0.1) is 0 Å². The second kappa shape index (κ2) is 8.41. The summed E-state index contributed by atoms with van der Waals surface area (Å²) in [6.45, 7) is 1.72. The summed E-state index contributed by atoms with van der Waals surface area (Å²) in [4.78, 5) is 34.5. The van der Waals surface area contributed by atoms with Crippen molar-refractivity contribution >= 4 is 33.7 Å². The maximum Gasteiger partial charge on any atom is 0.328 e. The minimum absolute atomic E-state index is 0.0869. The number of rotatable bonds is 6. The van der Waals surface area contributed by atoms with E-state index >= 15 is 0 Å². The Morgan fingerprint density at radius 1 is 1.24 bits per heavy atom. The summed E-state index contributed by atoms with van der Waals surface area (Å²) < 4.78 is 5.38. The molecule has 1 aromatic carbocycles. The van der Waals surface area contributed by atoms with Crippen LogP contribution >= 0.6 is 15.9 Å². The summed E-state index contributed by atoms with van der Waals surface area (Å²) in [5, 5.41) is 5.12. The highest BCUT2D eigenvalue weighted by molar-refractivity contribution is 9.10. The Labute approximate surface area is 131 Å². The van der Waals surface area contributed by atoms with Crippen LogP contribution in [-0.2, 0) is 14.3 Å². The Kier molecular flexibility index (Phi) is 6.87. The first kappa shape index (κ1) is 17.2. The molecule has 1 rings (SSSR count). The molecule has 6 nitrogen and oxygen atoms in total. The van der Waals surface area contributed by atoms with Crippen molar-refractivity contribution in [1.29, 1.82) is 0 Å². The van der Waals surface area contributed by atoms with Crippen molar-refractivity contribution in [1.82, 2.24) is 10.6 Å². The number of ether oxygens (including phenoxy) is 1. The van der Waals surface area contributed by atoms with E-state index in [1.807, 2.05) is 0 Å². The van der Waals surface area contributed by atoms with Crippen molar-refractivity contribution in [3.05, 3.63) is 34.3 Å². The molecule has 0 heterocycles. The fraction of sp³-hybridized carbons (Fsp3) is 0.357. The molecular weight excluding hydrogens is 340 g/mol. The van der Waals surface area contributed by atoms with Gasteiger partial charge in [-0.25, -0.2) is 4.79 Å². The van der Waals surface area contributed by atoms with Crippen molar-refractivity contribution in [2.45, 2.75) is 19.4 Å². The molecule has 0 aliphatic rings. The van der Waals surface area contributed by atoms with E-state index in [2.05, 4.69) is 31.3 Å². The molecular formula is C14H17BrN2O4. The molecule has 2 N–H and O–H groups in total. The van der Waals surface area contributed by atoms with Gasteiger partial charge in [-0.05, 0) is 31.2 Å². The van der Waals surface area contributed by atoms with E-state index in [9.17, 15) is 14.4 Å². The van der Waals surface area contributed by atoms with Crippen molar-refractivity contribution in [2.75, 3.05) is 13.7 Å². The van der Waals surface area contributed by atoms with Crippen LogP contribution in [0.1, 0.15) is 23.7 Å². The van der Waals surface area contributed by atoms with Crippen LogP contribution in [0.3, 0.4) is 0 Å². The third-order valence-electron chi connectivity index (χ3n) is 2.68. The molecule has 0 saturated heterocycles. The van der Waals surface area contributed by atoms with Gasteiger partial charge in [-0.1, -0.05) is 15.9 Å². The molecule has 1 aromatic rings. The third kappa shape index (κ3) is 5.95. The lowest BCUT2D eigenvalue weighted by Crippen LogP contribution is -2.40. The van der Waals surface area contributed by atoms with E-state index in [4.69, 9.17) is 0 Å². The Morgan fingerprint density at radius 3 is 2.43 bits per heavy atom. The smallest absolute Gasteiger partial charge is 0.328 e. The number of nitrogens with one attached hydrogen (secondary N) is 2. The lowest BCUT2D eigenvalue weighted by Gasteiger charge is -2.11. The first-order chi connectivity index (χ1) is 9.93. The molecule has 21 heavy (non-hydrogen) atoms. The molecule has 1 unspecified atom stereocenters. The summed E-state index contributed by atoms with van der Waals surface area (Å²) >= 11 is 3.28. The van der Waals surface area contributed by atoms with Gasteiger partial charge >= 0.3 is 5.97 Å². The Hall–Kier alpha value is -1.89. The molecule has 0 aliphatic heterocycles. The largest absolute Gasteiger partial charge is 0.467 e. The van der Waals surface area contributed by atoms with E-state index in [1.54, 1.807) is 24.3 Å². The van der Waals surface area contributed by atoms with Gasteiger partial charge in [-0.15, -0.1) is 0 Å². The Balaban J connectivity index is 2.33. The zero-order valence-electron chi connectivity index (χ0n) is 11.8.